The molecule has 3 rings (SSSR count). The van der Waals surface area contributed by atoms with E-state index in [1.54, 1.807) is 36.4 Å². The lowest BCUT2D eigenvalue weighted by Crippen LogP contribution is -1.72. The maximum absolute atomic E-state index is 11.7. The van der Waals surface area contributed by atoms with Gasteiger partial charge in [0.25, 0.3) is 0 Å². The van der Waals surface area contributed by atoms with Crippen molar-refractivity contribution in [3.05, 3.63) is 108 Å². The number of alkyl halides is 9. The molecule has 0 radical (unpaired) electrons. The highest BCUT2D eigenvalue weighted by Gasteiger charge is 1.84. The van der Waals surface area contributed by atoms with Crippen LogP contribution in [0, 0.1) is 0 Å². The molecular weight excluding hydrogens is 627 g/mol. The molecule has 0 N–H and O–H groups in total. The zero-order valence-electron chi connectivity index (χ0n) is 25.8. The molecule has 0 fully saturated rings. The minimum absolute atomic E-state index is 0. The van der Waals surface area contributed by atoms with Crippen LogP contribution < -0.4 is 0 Å². The molecule has 0 aliphatic heterocycles. The molecule has 3 aromatic rings. The first-order chi connectivity index (χ1) is 20.0. The molecule has 0 saturated heterocycles. The molecule has 47 heavy (non-hydrogen) atoms. The Balaban J connectivity index is -0.0000000260. The van der Waals surface area contributed by atoms with E-state index >= 15 is 0 Å². The topological polar surface area (TPSA) is 0 Å². The Morgan fingerprint density at radius 3 is 0.511 bits per heavy atom. The lowest BCUT2D eigenvalue weighted by molar-refractivity contribution is 0.295. The van der Waals surface area contributed by atoms with Crippen LogP contribution in [0.4, 0.5) is 39.5 Å². The van der Waals surface area contributed by atoms with Gasteiger partial charge in [0.2, 0.25) is 13.9 Å². The average Bonchev–Trinajstić information content (AvgIpc) is 3.07. The van der Waals surface area contributed by atoms with Crippen molar-refractivity contribution in [3.8, 4) is 0 Å². The van der Waals surface area contributed by atoms with Crippen LogP contribution in [0.3, 0.4) is 0 Å². The molecule has 290 valence electrons. The van der Waals surface area contributed by atoms with E-state index in [9.17, 15) is 39.5 Å². The smallest absolute Gasteiger partial charge is 0.229 e. The summed E-state index contributed by atoms with van der Waals surface area (Å²) >= 11 is 0. The van der Waals surface area contributed by atoms with Crippen molar-refractivity contribution < 1.29 is 39.5 Å². The molecule has 0 atom stereocenters. The van der Waals surface area contributed by atoms with Crippen LogP contribution in [-0.4, -0.2) is 27.7 Å². The molecule has 0 aliphatic rings. The number of hydrogen-bond donors (Lipinski definition) is 0. The van der Waals surface area contributed by atoms with E-state index < -0.39 is 13.9 Å². The Kier molecular flexibility index (Phi) is 187. The van der Waals surface area contributed by atoms with E-state index in [0.29, 0.717) is 7.18 Å². The van der Waals surface area contributed by atoms with Gasteiger partial charge >= 0.3 is 0 Å². The van der Waals surface area contributed by atoms with Crippen molar-refractivity contribution in [2.45, 2.75) is 113 Å². The van der Waals surface area contributed by atoms with Gasteiger partial charge in [-0.1, -0.05) is 177 Å². The van der Waals surface area contributed by atoms with Gasteiger partial charge in [-0.25, -0.2) is 30.7 Å². The van der Waals surface area contributed by atoms with E-state index in [4.69, 9.17) is 0 Å². The van der Waals surface area contributed by atoms with Crippen molar-refractivity contribution in [1.29, 1.82) is 0 Å². The molecule has 0 amide bonds. The normalized spacial score (nSPS) is 6.32. The Labute approximate surface area is 287 Å². The van der Waals surface area contributed by atoms with Gasteiger partial charge in [0.1, 0.15) is 20.0 Å². The molecule has 0 aliphatic carbocycles. The average molecular weight is 703 g/mol. The highest BCUT2D eigenvalue weighted by Crippen LogP contribution is 1.99. The van der Waals surface area contributed by atoms with Crippen molar-refractivity contribution in [3.63, 3.8) is 0 Å². The molecule has 0 aromatic heterocycles. The summed E-state index contributed by atoms with van der Waals surface area (Å²) in [5.41, 5.74) is 2.23. The lowest BCUT2D eigenvalue weighted by Gasteiger charge is -1.87. The molecule has 0 spiro atoms. The van der Waals surface area contributed by atoms with Gasteiger partial charge in [-0.15, -0.1) is 0 Å². The van der Waals surface area contributed by atoms with E-state index in [-0.39, 0.29) is 71.3 Å². The monoisotopic (exact) mass is 703 g/mol. The van der Waals surface area contributed by atoms with Crippen LogP contribution in [-0.2, 0) is 20.0 Å². The van der Waals surface area contributed by atoms with E-state index in [1.165, 1.54) is 6.92 Å². The second-order valence-electron chi connectivity index (χ2n) is 5.33. The Morgan fingerprint density at radius 2 is 0.447 bits per heavy atom. The fraction of sp³-hybridized carbons (Fsp3) is 0.526. The summed E-state index contributed by atoms with van der Waals surface area (Å²) in [6.07, 6.45) is 0. The quantitative estimate of drug-likeness (QED) is 0.238. The highest BCUT2D eigenvalue weighted by molar-refractivity contribution is 5.14. The van der Waals surface area contributed by atoms with Crippen LogP contribution in [0.5, 0.6) is 0 Å². The molecular formula is C38H75F9. The van der Waals surface area contributed by atoms with E-state index in [1.807, 2.05) is 96.1 Å². The van der Waals surface area contributed by atoms with Crippen LogP contribution in [0.1, 0.15) is 110 Å². The van der Waals surface area contributed by atoms with Crippen LogP contribution in [0.2, 0.25) is 0 Å². The summed E-state index contributed by atoms with van der Waals surface area (Å²) in [6, 6.07) is 27.2. The maximum atomic E-state index is 11.7. The van der Waals surface area contributed by atoms with Crippen LogP contribution in [0.15, 0.2) is 91.0 Å². The van der Waals surface area contributed by atoms with Crippen molar-refractivity contribution in [1.82, 2.24) is 0 Å². The minimum Gasteiger partial charge on any atom is -0.255 e. The van der Waals surface area contributed by atoms with Gasteiger partial charge in [-0.2, -0.15) is 0 Å². The van der Waals surface area contributed by atoms with Crippen molar-refractivity contribution >= 4 is 0 Å². The van der Waals surface area contributed by atoms with Gasteiger partial charge in [-0.05, 0) is 23.6 Å². The Bertz CT molecular complexity index is 591. The van der Waals surface area contributed by atoms with Gasteiger partial charge in [0.05, 0.1) is 13.9 Å². The first-order valence-electron chi connectivity index (χ1n) is 13.0. The predicted octanol–water partition coefficient (Wildman–Crippen LogP) is 16.7. The standard InChI is InChI=1S/3C7H7F.C2H5F.3C2H6.2CH2F2.CH3F.6CH4/c3*8-6-7-4-2-1-3-5-7;1-2-3;3*1-2;2*2-1-3;1-2;;;;;;/h3*1-5H,6H2;2H2,1H3;3*1-2H3;2*1H2;1H3;6*1H4. The second kappa shape index (κ2) is 104. The van der Waals surface area contributed by atoms with Gasteiger partial charge in [0, 0.05) is 0 Å². The molecule has 0 bridgehead atoms. The predicted molar refractivity (Wildman–Crippen MR) is 201 cm³/mol. The van der Waals surface area contributed by atoms with E-state index in [2.05, 4.69) is 0 Å². The molecule has 0 heterocycles. The number of benzene rings is 3. The molecule has 9 heteroatoms. The molecule has 0 nitrogen and oxygen atoms in total. The summed E-state index contributed by atoms with van der Waals surface area (Å²) in [4.78, 5) is 0. The minimum atomic E-state index is -1.75. The summed E-state index contributed by atoms with van der Waals surface area (Å²) in [6.45, 7) is 8.63. The van der Waals surface area contributed by atoms with Gasteiger partial charge < -0.3 is 0 Å². The molecule has 3 aromatic carbocycles. The number of halogens is 9. The first kappa shape index (κ1) is 84.7. The van der Waals surface area contributed by atoms with Crippen molar-refractivity contribution in [2.75, 3.05) is 27.7 Å². The van der Waals surface area contributed by atoms with E-state index in [0.717, 1.165) is 16.7 Å². The fourth-order valence-electron chi connectivity index (χ4n) is 1.70. The Hall–Kier alpha value is -2.97. The summed E-state index contributed by atoms with van der Waals surface area (Å²) < 4.78 is 93.5. The lowest BCUT2D eigenvalue weighted by atomic mass is 10.2. The zero-order chi connectivity index (χ0) is 33.6. The van der Waals surface area contributed by atoms with Crippen molar-refractivity contribution in [2.24, 2.45) is 0 Å². The third-order valence-electron chi connectivity index (χ3n) is 2.99. The third kappa shape index (κ3) is 99.1. The molecule has 0 unspecified atom stereocenters. The highest BCUT2D eigenvalue weighted by atomic mass is 19.3. The number of hydrogen-bond acceptors (Lipinski definition) is 0. The summed E-state index contributed by atoms with van der Waals surface area (Å²) in [7, 11) is 0.500. The van der Waals surface area contributed by atoms with Gasteiger partial charge in [0.15, 0.2) is 0 Å². The third-order valence-corrected chi connectivity index (χ3v) is 2.99. The van der Waals surface area contributed by atoms with Crippen LogP contribution in [0.25, 0.3) is 0 Å². The summed E-state index contributed by atoms with van der Waals surface area (Å²) in [5, 5.41) is 0. The summed E-state index contributed by atoms with van der Waals surface area (Å²) in [5.74, 6) is 0. The SMILES string of the molecule is C.C.C.C.C.C.CC.CC.CC.CCF.CF.FCF.FCF.FCc1ccccc1.FCc1ccccc1.FCc1ccccc1. The largest absolute Gasteiger partial charge is 0.255 e. The Morgan fingerprint density at radius 1 is 0.340 bits per heavy atom. The second-order valence-corrected chi connectivity index (χ2v) is 5.33. The zero-order valence-corrected chi connectivity index (χ0v) is 25.8. The van der Waals surface area contributed by atoms with Crippen LogP contribution >= 0.6 is 0 Å². The first-order valence-corrected chi connectivity index (χ1v) is 13.0. The molecule has 0 saturated carbocycles. The fourth-order valence-corrected chi connectivity index (χ4v) is 1.70. The maximum Gasteiger partial charge on any atom is 0.229 e. The number of rotatable bonds is 3. The van der Waals surface area contributed by atoms with Gasteiger partial charge in [-0.3, -0.25) is 8.78 Å².